The molecule has 0 rings (SSSR count). The molecule has 6 heteroatoms. The van der Waals surface area contributed by atoms with Gasteiger partial charge in [-0.05, 0) is 18.5 Å². The van der Waals surface area contributed by atoms with E-state index in [9.17, 15) is 9.36 Å². The van der Waals surface area contributed by atoms with E-state index in [4.69, 9.17) is 21.4 Å². The van der Waals surface area contributed by atoms with Crippen LogP contribution < -0.4 is 0 Å². The van der Waals surface area contributed by atoms with Crippen molar-refractivity contribution in [2.45, 2.75) is 6.92 Å². The smallest absolute Gasteiger partial charge is 0.321 e. The molecule has 0 aromatic heterocycles. The lowest BCUT2D eigenvalue weighted by atomic mass is 10.6. The molecule has 0 radical (unpaired) electrons. The predicted molar refractivity (Wildman–Crippen MR) is 36.7 cm³/mol. The average Bonchev–Trinajstić information content (AvgIpc) is 1.60. The average molecular weight is 185 g/mol. The first-order chi connectivity index (χ1) is 4.34. The Morgan fingerprint density at radius 3 is 2.10 bits per heavy atom. The first kappa shape index (κ1) is 9.85. The number of halogens is 1. The van der Waals surface area contributed by atoms with Crippen LogP contribution >= 0.6 is 19.2 Å². The second kappa shape index (κ2) is 3.30. The zero-order chi connectivity index (χ0) is 8.36. The van der Waals surface area contributed by atoms with Crippen LogP contribution in [0.2, 0.25) is 0 Å². The molecule has 0 aromatic rings. The molecule has 0 aliphatic heterocycles. The molecule has 2 N–H and O–H groups in total. The lowest BCUT2D eigenvalue weighted by Crippen LogP contribution is -1.84. The monoisotopic (exact) mass is 184 g/mol. The molecule has 0 saturated carbocycles. The zero-order valence-electron chi connectivity index (χ0n) is 5.11. The van der Waals surface area contributed by atoms with E-state index in [1.54, 1.807) is 0 Å². The van der Waals surface area contributed by atoms with E-state index < -0.39 is 12.8 Å². The maximum atomic E-state index is 10.3. The van der Waals surface area contributed by atoms with Crippen LogP contribution in [0.15, 0.2) is 11.4 Å². The lowest BCUT2D eigenvalue weighted by Gasteiger charge is -2.00. The van der Waals surface area contributed by atoms with Crippen molar-refractivity contribution in [2.24, 2.45) is 0 Å². The van der Waals surface area contributed by atoms with E-state index in [2.05, 4.69) is 0 Å². The van der Waals surface area contributed by atoms with Gasteiger partial charge in [-0.1, -0.05) is 0 Å². The van der Waals surface area contributed by atoms with Crippen LogP contribution in [-0.2, 0) is 9.36 Å². The van der Waals surface area contributed by atoms with Crippen LogP contribution in [-0.4, -0.2) is 15.0 Å². The summed E-state index contributed by atoms with van der Waals surface area (Å²) in [5.74, 6) is 0. The van der Waals surface area contributed by atoms with Gasteiger partial charge in [0.2, 0.25) is 5.24 Å². The van der Waals surface area contributed by atoms with Crippen LogP contribution in [0.5, 0.6) is 0 Å². The highest BCUT2D eigenvalue weighted by molar-refractivity contribution is 7.56. The Labute approximate surface area is 62.7 Å². The van der Waals surface area contributed by atoms with E-state index in [-0.39, 0.29) is 5.31 Å². The van der Waals surface area contributed by atoms with Gasteiger partial charge >= 0.3 is 7.60 Å². The van der Waals surface area contributed by atoms with E-state index in [0.29, 0.717) is 6.08 Å². The fourth-order valence-electron chi connectivity index (χ4n) is 0.248. The third-order valence-electron chi connectivity index (χ3n) is 0.782. The summed E-state index contributed by atoms with van der Waals surface area (Å²) in [5.41, 5.74) is 0. The van der Waals surface area contributed by atoms with E-state index in [1.165, 1.54) is 0 Å². The fourth-order valence-corrected chi connectivity index (χ4v) is 0.773. The standard InChI is InChI=1S/C4H6ClO4P/c1-3(2-4(5)6)10(7,8)9/h2H,1H3,(H2,7,8,9). The van der Waals surface area contributed by atoms with Crippen LogP contribution in [0, 0.1) is 0 Å². The van der Waals surface area contributed by atoms with Crippen molar-refractivity contribution in [3.05, 3.63) is 11.4 Å². The highest BCUT2D eigenvalue weighted by atomic mass is 35.5. The van der Waals surface area contributed by atoms with Crippen molar-refractivity contribution in [3.8, 4) is 0 Å². The van der Waals surface area contributed by atoms with Gasteiger partial charge in [-0.25, -0.2) is 0 Å². The summed E-state index contributed by atoms with van der Waals surface area (Å²) in [7, 11) is -4.25. The number of rotatable bonds is 2. The van der Waals surface area contributed by atoms with E-state index in [0.717, 1.165) is 6.92 Å². The normalized spacial score (nSPS) is 13.4. The fraction of sp³-hybridized carbons (Fsp3) is 0.250. The van der Waals surface area contributed by atoms with Crippen molar-refractivity contribution in [1.29, 1.82) is 0 Å². The predicted octanol–water partition coefficient (Wildman–Crippen LogP) is 0.833. The summed E-state index contributed by atoms with van der Waals surface area (Å²) >= 11 is 4.82. The summed E-state index contributed by atoms with van der Waals surface area (Å²) in [4.78, 5) is 26.8. The third kappa shape index (κ3) is 3.80. The molecule has 0 aromatic carbocycles. The largest absolute Gasteiger partial charge is 0.352 e. The number of carbonyl (C=O) groups is 1. The highest BCUT2D eigenvalue weighted by Crippen LogP contribution is 2.44. The molecule has 0 atom stereocenters. The molecule has 0 unspecified atom stereocenters. The summed E-state index contributed by atoms with van der Waals surface area (Å²) in [6, 6.07) is 0. The Kier molecular flexibility index (Phi) is 3.25. The molecule has 0 heterocycles. The van der Waals surface area contributed by atoms with E-state index in [1.807, 2.05) is 0 Å². The molecule has 58 valence electrons. The molecule has 0 amide bonds. The lowest BCUT2D eigenvalue weighted by molar-refractivity contribution is -0.107. The molecule has 10 heavy (non-hydrogen) atoms. The van der Waals surface area contributed by atoms with Gasteiger partial charge in [0.25, 0.3) is 0 Å². The minimum atomic E-state index is -4.25. The molecular formula is C4H6ClO4P. The number of carbonyl (C=O) groups excluding carboxylic acids is 1. The van der Waals surface area contributed by atoms with Gasteiger partial charge in [0, 0.05) is 11.4 Å². The highest BCUT2D eigenvalue weighted by Gasteiger charge is 2.16. The summed E-state index contributed by atoms with van der Waals surface area (Å²) in [5, 5.41) is -1.21. The van der Waals surface area contributed by atoms with Crippen LogP contribution in [0.4, 0.5) is 0 Å². The van der Waals surface area contributed by atoms with Gasteiger partial charge in [0.05, 0.1) is 0 Å². The van der Waals surface area contributed by atoms with Gasteiger partial charge in [0.1, 0.15) is 0 Å². The minimum Gasteiger partial charge on any atom is -0.321 e. The third-order valence-corrected chi connectivity index (χ3v) is 1.94. The molecule has 0 spiro atoms. The Balaban J connectivity index is 4.52. The maximum absolute atomic E-state index is 10.3. The quantitative estimate of drug-likeness (QED) is 0.379. The number of hydrogen-bond donors (Lipinski definition) is 2. The van der Waals surface area contributed by atoms with Crippen LogP contribution in [0.1, 0.15) is 6.92 Å². The van der Waals surface area contributed by atoms with Crippen LogP contribution in [0.3, 0.4) is 0 Å². The summed E-state index contributed by atoms with van der Waals surface area (Å²) in [6.07, 6.45) is 0.697. The maximum Gasteiger partial charge on any atom is 0.352 e. The molecule has 0 saturated heterocycles. The van der Waals surface area contributed by atoms with Gasteiger partial charge in [-0.15, -0.1) is 0 Å². The van der Waals surface area contributed by atoms with Gasteiger partial charge in [0.15, 0.2) is 0 Å². The summed E-state index contributed by atoms with van der Waals surface area (Å²) < 4.78 is 10.3. The molecule has 4 nitrogen and oxygen atoms in total. The first-order valence-corrected chi connectivity index (χ1v) is 4.27. The van der Waals surface area contributed by atoms with Crippen molar-refractivity contribution in [1.82, 2.24) is 0 Å². The Morgan fingerprint density at radius 1 is 1.60 bits per heavy atom. The van der Waals surface area contributed by atoms with Gasteiger partial charge in [-0.3, -0.25) is 9.36 Å². The van der Waals surface area contributed by atoms with Crippen molar-refractivity contribution in [3.63, 3.8) is 0 Å². The Hall–Kier alpha value is -0.150. The molecule has 0 aliphatic carbocycles. The molecule has 0 bridgehead atoms. The number of allylic oxidation sites excluding steroid dienone is 2. The number of hydrogen-bond acceptors (Lipinski definition) is 2. The topological polar surface area (TPSA) is 74.6 Å². The van der Waals surface area contributed by atoms with Crippen LogP contribution in [0.25, 0.3) is 0 Å². The molecule has 0 fully saturated rings. The first-order valence-electron chi connectivity index (χ1n) is 2.28. The van der Waals surface area contributed by atoms with Gasteiger partial charge < -0.3 is 9.79 Å². The zero-order valence-corrected chi connectivity index (χ0v) is 6.76. The second-order valence-electron chi connectivity index (χ2n) is 1.63. The Morgan fingerprint density at radius 2 is 2.00 bits per heavy atom. The summed E-state index contributed by atoms with van der Waals surface area (Å²) in [6.45, 7) is 1.14. The minimum absolute atomic E-state index is 0.326. The van der Waals surface area contributed by atoms with E-state index >= 15 is 0 Å². The van der Waals surface area contributed by atoms with Crippen molar-refractivity contribution >= 4 is 24.4 Å². The van der Waals surface area contributed by atoms with Crippen molar-refractivity contribution < 1.29 is 19.1 Å². The second-order valence-corrected chi connectivity index (χ2v) is 3.80. The Bertz CT molecular complexity index is 215. The SMILES string of the molecule is CC(=CC(=O)Cl)P(=O)(O)O. The van der Waals surface area contributed by atoms with Gasteiger partial charge in [-0.2, -0.15) is 0 Å². The van der Waals surface area contributed by atoms with Crippen molar-refractivity contribution in [2.75, 3.05) is 0 Å². The molecule has 0 aliphatic rings. The molecular weight excluding hydrogens is 178 g/mol.